The van der Waals surface area contributed by atoms with Crippen molar-refractivity contribution in [3.05, 3.63) is 85.1 Å². The zero-order valence-corrected chi connectivity index (χ0v) is 43.8. The average molecular weight is 936 g/mol. The summed E-state index contributed by atoms with van der Waals surface area (Å²) in [6.07, 6.45) is 64.7. The zero-order chi connectivity index (χ0) is 49.2. The highest BCUT2D eigenvalue weighted by atomic mass is 16.6. The van der Waals surface area contributed by atoms with Crippen LogP contribution in [0.3, 0.4) is 0 Å². The molecule has 0 aliphatic rings. The maximum Gasteiger partial charge on any atom is 0.306 e. The highest BCUT2D eigenvalue weighted by molar-refractivity contribution is 5.70. The predicted octanol–water partition coefficient (Wildman–Crippen LogP) is 14.7. The van der Waals surface area contributed by atoms with Gasteiger partial charge in [0.15, 0.2) is 6.10 Å². The Morgan fingerprint density at radius 2 is 0.836 bits per heavy atom. The summed E-state index contributed by atoms with van der Waals surface area (Å²) in [6, 6.07) is -0.737. The second-order valence-corrected chi connectivity index (χ2v) is 19.1. The van der Waals surface area contributed by atoms with Crippen molar-refractivity contribution in [3.63, 3.8) is 0 Å². The van der Waals surface area contributed by atoms with Crippen molar-refractivity contribution in [1.29, 1.82) is 0 Å². The Labute approximate surface area is 412 Å². The molecular weight excluding hydrogens is 835 g/mol. The van der Waals surface area contributed by atoms with Gasteiger partial charge in [-0.3, -0.25) is 9.59 Å². The standard InChI is InChI=1S/C59H101NO7/c1-6-8-10-12-14-16-18-20-22-24-26-28-29-30-32-34-36-38-40-42-44-46-48-50-58(62)67-55(53-65-52-51-56(59(63)64)60(3,4)5)54-66-57(61)49-47-45-43-41-39-37-35-33-31-27-25-23-21-19-17-15-13-11-9-7-2/h8,10,14,16,20,22,26-28,30-32,36,38,55-56H,6-7,9,11-13,15,17-19,21,23-25,29,33-35,37,39-54H2,1-5H3/b10-8+,16-14+,22-20+,28-26+,31-27+,32-30+,38-36+. The van der Waals surface area contributed by atoms with Gasteiger partial charge in [0.1, 0.15) is 12.6 Å². The number of aliphatic carboxylic acids is 1. The fourth-order valence-corrected chi connectivity index (χ4v) is 7.60. The summed E-state index contributed by atoms with van der Waals surface area (Å²) in [5.74, 6) is -1.78. The molecule has 0 saturated heterocycles. The van der Waals surface area contributed by atoms with E-state index in [4.69, 9.17) is 14.2 Å². The molecule has 0 aliphatic heterocycles. The molecule has 0 heterocycles. The first kappa shape index (κ1) is 63.5. The number of unbranched alkanes of at least 4 members (excludes halogenated alkanes) is 20. The van der Waals surface area contributed by atoms with E-state index in [9.17, 15) is 19.5 Å². The predicted molar refractivity (Wildman–Crippen MR) is 282 cm³/mol. The summed E-state index contributed by atoms with van der Waals surface area (Å²) in [6.45, 7) is 4.53. The highest BCUT2D eigenvalue weighted by Crippen LogP contribution is 2.14. The van der Waals surface area contributed by atoms with Crippen molar-refractivity contribution >= 4 is 17.9 Å². The Morgan fingerprint density at radius 1 is 0.463 bits per heavy atom. The summed E-state index contributed by atoms with van der Waals surface area (Å²) < 4.78 is 17.2. The second-order valence-electron chi connectivity index (χ2n) is 19.1. The van der Waals surface area contributed by atoms with Crippen molar-refractivity contribution < 1.29 is 38.2 Å². The van der Waals surface area contributed by atoms with Gasteiger partial charge in [-0.25, -0.2) is 0 Å². The summed E-state index contributed by atoms with van der Waals surface area (Å²) >= 11 is 0. The van der Waals surface area contributed by atoms with E-state index in [0.717, 1.165) is 89.9 Å². The number of esters is 2. The van der Waals surface area contributed by atoms with Crippen LogP contribution in [-0.4, -0.2) is 75.5 Å². The average Bonchev–Trinajstić information content (AvgIpc) is 3.29. The Balaban J connectivity index is 4.30. The molecule has 0 N–H and O–H groups in total. The van der Waals surface area contributed by atoms with Gasteiger partial charge in [-0.05, 0) is 89.9 Å². The first-order chi connectivity index (χ1) is 32.6. The molecule has 384 valence electrons. The number of rotatable bonds is 48. The number of allylic oxidation sites excluding steroid dienone is 14. The molecule has 0 aromatic carbocycles. The number of nitrogens with zero attached hydrogens (tertiary/aromatic N) is 1. The van der Waals surface area contributed by atoms with Gasteiger partial charge in [0.2, 0.25) is 0 Å². The first-order valence-electron chi connectivity index (χ1n) is 27.1. The van der Waals surface area contributed by atoms with Crippen LogP contribution in [0, 0.1) is 0 Å². The van der Waals surface area contributed by atoms with E-state index in [1.54, 1.807) is 21.1 Å². The number of carbonyl (C=O) groups excluding carboxylic acids is 3. The third kappa shape index (κ3) is 47.4. The number of quaternary nitrogens is 1. The van der Waals surface area contributed by atoms with Crippen molar-refractivity contribution in [1.82, 2.24) is 0 Å². The Morgan fingerprint density at radius 3 is 1.25 bits per heavy atom. The van der Waals surface area contributed by atoms with Gasteiger partial charge in [0.05, 0.1) is 40.3 Å². The fourth-order valence-electron chi connectivity index (χ4n) is 7.60. The summed E-state index contributed by atoms with van der Waals surface area (Å²) in [5, 5.41) is 11.7. The molecule has 0 fully saturated rings. The molecule has 8 nitrogen and oxygen atoms in total. The normalized spacial score (nSPS) is 13.5. The Kier molecular flexibility index (Phi) is 46.4. The topological polar surface area (TPSA) is 102 Å². The van der Waals surface area contributed by atoms with Crippen LogP contribution in [0.15, 0.2) is 85.1 Å². The van der Waals surface area contributed by atoms with E-state index < -0.39 is 18.1 Å². The third-order valence-corrected chi connectivity index (χ3v) is 11.8. The maximum absolute atomic E-state index is 12.8. The van der Waals surface area contributed by atoms with Gasteiger partial charge in [-0.1, -0.05) is 195 Å². The molecule has 0 aliphatic carbocycles. The van der Waals surface area contributed by atoms with Crippen LogP contribution >= 0.6 is 0 Å². The molecule has 0 saturated carbocycles. The van der Waals surface area contributed by atoms with Gasteiger partial charge in [-0.15, -0.1) is 0 Å². The number of ether oxygens (including phenoxy) is 3. The summed E-state index contributed by atoms with van der Waals surface area (Å²) in [5.41, 5.74) is 0. The third-order valence-electron chi connectivity index (χ3n) is 11.8. The second kappa shape index (κ2) is 48.9. The van der Waals surface area contributed by atoms with E-state index in [-0.39, 0.29) is 49.1 Å². The lowest BCUT2D eigenvalue weighted by Gasteiger charge is -2.34. The van der Waals surface area contributed by atoms with E-state index in [1.807, 2.05) is 0 Å². The van der Waals surface area contributed by atoms with Crippen LogP contribution in [-0.2, 0) is 28.6 Å². The molecule has 0 spiro atoms. The van der Waals surface area contributed by atoms with Crippen LogP contribution in [0.25, 0.3) is 0 Å². The molecular formula is C59H101NO7. The quantitative estimate of drug-likeness (QED) is 0.0259. The van der Waals surface area contributed by atoms with Gasteiger partial charge < -0.3 is 28.6 Å². The maximum atomic E-state index is 12.8. The number of carboxylic acids is 1. The molecule has 0 aromatic heterocycles. The van der Waals surface area contributed by atoms with Crippen molar-refractivity contribution in [2.75, 3.05) is 41.0 Å². The number of hydrogen-bond donors (Lipinski definition) is 0. The fraction of sp³-hybridized carbons (Fsp3) is 0.712. The van der Waals surface area contributed by atoms with Crippen molar-refractivity contribution in [2.24, 2.45) is 0 Å². The molecule has 8 heteroatoms. The van der Waals surface area contributed by atoms with Crippen LogP contribution in [0.2, 0.25) is 0 Å². The molecule has 0 rings (SSSR count). The summed E-state index contributed by atoms with van der Waals surface area (Å²) in [4.78, 5) is 37.1. The van der Waals surface area contributed by atoms with Crippen molar-refractivity contribution in [2.45, 2.75) is 231 Å². The van der Waals surface area contributed by atoms with E-state index in [1.165, 1.54) is 96.3 Å². The molecule has 2 unspecified atom stereocenters. The summed E-state index contributed by atoms with van der Waals surface area (Å²) in [7, 11) is 5.40. The molecule has 67 heavy (non-hydrogen) atoms. The molecule has 0 amide bonds. The van der Waals surface area contributed by atoms with Gasteiger partial charge in [-0.2, -0.15) is 0 Å². The van der Waals surface area contributed by atoms with E-state index >= 15 is 0 Å². The van der Waals surface area contributed by atoms with Gasteiger partial charge in [0, 0.05) is 19.3 Å². The molecule has 0 radical (unpaired) electrons. The highest BCUT2D eigenvalue weighted by Gasteiger charge is 2.25. The number of carboxylic acid groups (broad SMARTS) is 1. The van der Waals surface area contributed by atoms with Crippen LogP contribution in [0.1, 0.15) is 219 Å². The van der Waals surface area contributed by atoms with Crippen LogP contribution in [0.5, 0.6) is 0 Å². The first-order valence-corrected chi connectivity index (χ1v) is 27.1. The number of likely N-dealkylation sites (N-methyl/N-ethyl adjacent to an activating group) is 1. The smallest absolute Gasteiger partial charge is 0.306 e. The lowest BCUT2D eigenvalue weighted by atomic mass is 10.1. The molecule has 0 aromatic rings. The van der Waals surface area contributed by atoms with Gasteiger partial charge >= 0.3 is 11.9 Å². The van der Waals surface area contributed by atoms with Crippen LogP contribution in [0.4, 0.5) is 0 Å². The zero-order valence-electron chi connectivity index (χ0n) is 43.8. The minimum atomic E-state index is -1.13. The minimum Gasteiger partial charge on any atom is -0.544 e. The molecule has 2 atom stereocenters. The van der Waals surface area contributed by atoms with Crippen LogP contribution < -0.4 is 5.11 Å². The monoisotopic (exact) mass is 936 g/mol. The number of hydrogen-bond acceptors (Lipinski definition) is 7. The SMILES string of the molecule is CC/C=C/C/C=C/C/C=C/C/C=C/C/C=C/C/C=C/CCCCCCC(=O)OC(COCCC(C(=O)[O-])[N+](C)(C)C)COC(=O)CCCCCCCCC/C=C/CCCCCCCCCCC. The largest absolute Gasteiger partial charge is 0.544 e. The Hall–Kier alpha value is -3.49. The minimum absolute atomic E-state index is 0.0248. The Bertz CT molecular complexity index is 1370. The van der Waals surface area contributed by atoms with Gasteiger partial charge in [0.25, 0.3) is 0 Å². The lowest BCUT2D eigenvalue weighted by molar-refractivity contribution is -0.889. The molecule has 0 bridgehead atoms. The lowest BCUT2D eigenvalue weighted by Crippen LogP contribution is -2.55. The number of carbonyl (C=O) groups is 3. The van der Waals surface area contributed by atoms with E-state index in [0.29, 0.717) is 6.42 Å². The van der Waals surface area contributed by atoms with Crippen molar-refractivity contribution in [3.8, 4) is 0 Å². The van der Waals surface area contributed by atoms with E-state index in [2.05, 4.69) is 98.9 Å².